The van der Waals surface area contributed by atoms with Gasteiger partial charge < -0.3 is 10.0 Å². The van der Waals surface area contributed by atoms with Crippen LogP contribution < -0.4 is 0 Å². The molecule has 0 aliphatic carbocycles. The summed E-state index contributed by atoms with van der Waals surface area (Å²) in [6, 6.07) is 16.3. The SMILES string of the molecule is Cc1ccc(C2/C(=C(\O)c3cc(C)ccc3C)C(=O)C(=O)N2Cc2ccncc2)cc1. The highest BCUT2D eigenvalue weighted by Crippen LogP contribution is 2.40. The molecule has 1 unspecified atom stereocenters. The van der Waals surface area contributed by atoms with Gasteiger partial charge in [-0.25, -0.2) is 0 Å². The number of carbonyl (C=O) groups is 2. The highest BCUT2D eigenvalue weighted by atomic mass is 16.3. The van der Waals surface area contributed by atoms with Crippen LogP contribution in [0.2, 0.25) is 0 Å². The number of aromatic nitrogens is 1. The van der Waals surface area contributed by atoms with Gasteiger partial charge in [0.1, 0.15) is 5.76 Å². The number of Topliss-reactive ketones (excluding diaryl/α,β-unsaturated/α-hetero) is 1. The number of rotatable bonds is 4. The van der Waals surface area contributed by atoms with E-state index >= 15 is 0 Å². The lowest BCUT2D eigenvalue weighted by atomic mass is 9.93. The second kappa shape index (κ2) is 8.19. The zero-order chi connectivity index (χ0) is 22.1. The van der Waals surface area contributed by atoms with Gasteiger partial charge in [-0.1, -0.05) is 47.5 Å². The molecule has 1 atom stereocenters. The third kappa shape index (κ3) is 3.87. The molecular weight excluding hydrogens is 388 g/mol. The summed E-state index contributed by atoms with van der Waals surface area (Å²) in [5.41, 5.74) is 5.21. The number of benzene rings is 2. The number of amides is 1. The van der Waals surface area contributed by atoms with Gasteiger partial charge >= 0.3 is 0 Å². The number of aryl methyl sites for hydroxylation is 3. The van der Waals surface area contributed by atoms with E-state index in [0.29, 0.717) is 5.56 Å². The van der Waals surface area contributed by atoms with Crippen LogP contribution in [0.1, 0.15) is 39.4 Å². The first-order valence-electron chi connectivity index (χ1n) is 10.2. The minimum Gasteiger partial charge on any atom is -0.507 e. The predicted molar refractivity (Wildman–Crippen MR) is 119 cm³/mol. The van der Waals surface area contributed by atoms with E-state index in [1.807, 2.05) is 75.4 Å². The van der Waals surface area contributed by atoms with Crippen LogP contribution in [0, 0.1) is 20.8 Å². The Morgan fingerprint density at radius 1 is 0.935 bits per heavy atom. The average Bonchev–Trinajstić information content (AvgIpc) is 3.01. The van der Waals surface area contributed by atoms with Gasteiger partial charge in [0, 0.05) is 24.5 Å². The molecule has 156 valence electrons. The highest BCUT2D eigenvalue weighted by molar-refractivity contribution is 6.46. The number of nitrogens with zero attached hydrogens (tertiary/aromatic N) is 2. The Kier molecular flexibility index (Phi) is 5.42. The summed E-state index contributed by atoms with van der Waals surface area (Å²) in [5.74, 6) is -1.42. The molecule has 4 rings (SSSR count). The van der Waals surface area contributed by atoms with Crippen molar-refractivity contribution in [1.82, 2.24) is 9.88 Å². The molecule has 5 nitrogen and oxygen atoms in total. The summed E-state index contributed by atoms with van der Waals surface area (Å²) in [7, 11) is 0. The molecule has 0 radical (unpaired) electrons. The molecule has 1 amide bonds. The maximum Gasteiger partial charge on any atom is 0.295 e. The van der Waals surface area contributed by atoms with Gasteiger partial charge in [0.05, 0.1) is 11.6 Å². The largest absolute Gasteiger partial charge is 0.507 e. The quantitative estimate of drug-likeness (QED) is 0.385. The molecule has 1 aliphatic rings. The fraction of sp³-hybridized carbons (Fsp3) is 0.192. The topological polar surface area (TPSA) is 70.5 Å². The van der Waals surface area contributed by atoms with E-state index in [1.165, 1.54) is 4.90 Å². The molecule has 0 spiro atoms. The summed E-state index contributed by atoms with van der Waals surface area (Å²) in [6.45, 7) is 6.03. The van der Waals surface area contributed by atoms with Gasteiger partial charge in [-0.3, -0.25) is 14.6 Å². The lowest BCUT2D eigenvalue weighted by Crippen LogP contribution is -2.29. The zero-order valence-electron chi connectivity index (χ0n) is 17.8. The van der Waals surface area contributed by atoms with E-state index in [1.54, 1.807) is 12.4 Å². The van der Waals surface area contributed by atoms with Crippen LogP contribution in [0.4, 0.5) is 0 Å². The first-order valence-corrected chi connectivity index (χ1v) is 10.2. The second-order valence-corrected chi connectivity index (χ2v) is 8.01. The Morgan fingerprint density at radius 2 is 1.58 bits per heavy atom. The van der Waals surface area contributed by atoms with Gasteiger partial charge in [0.15, 0.2) is 0 Å². The van der Waals surface area contributed by atoms with Crippen LogP contribution in [0.5, 0.6) is 0 Å². The number of aliphatic hydroxyl groups is 1. The molecule has 0 bridgehead atoms. The van der Waals surface area contributed by atoms with Crippen molar-refractivity contribution in [3.63, 3.8) is 0 Å². The van der Waals surface area contributed by atoms with Gasteiger partial charge in [0.2, 0.25) is 0 Å². The molecule has 1 aromatic heterocycles. The van der Waals surface area contributed by atoms with Crippen molar-refractivity contribution < 1.29 is 14.7 Å². The minimum atomic E-state index is -0.673. The fourth-order valence-electron chi connectivity index (χ4n) is 3.96. The Labute approximate surface area is 181 Å². The smallest absolute Gasteiger partial charge is 0.295 e. The van der Waals surface area contributed by atoms with E-state index in [-0.39, 0.29) is 17.9 Å². The molecular formula is C26H24N2O3. The predicted octanol–water partition coefficient (Wildman–Crippen LogP) is 4.63. The van der Waals surface area contributed by atoms with Gasteiger partial charge in [-0.2, -0.15) is 0 Å². The van der Waals surface area contributed by atoms with Gasteiger partial charge in [-0.15, -0.1) is 0 Å². The van der Waals surface area contributed by atoms with Crippen LogP contribution in [0.15, 0.2) is 72.6 Å². The molecule has 2 heterocycles. The fourth-order valence-corrected chi connectivity index (χ4v) is 3.96. The van der Waals surface area contributed by atoms with Crippen LogP contribution in [-0.2, 0) is 16.1 Å². The minimum absolute atomic E-state index is 0.122. The molecule has 1 aliphatic heterocycles. The average molecular weight is 412 g/mol. The highest BCUT2D eigenvalue weighted by Gasteiger charge is 2.46. The van der Waals surface area contributed by atoms with Gasteiger partial charge in [0.25, 0.3) is 11.7 Å². The van der Waals surface area contributed by atoms with Crippen molar-refractivity contribution in [2.45, 2.75) is 33.4 Å². The maximum absolute atomic E-state index is 13.1. The van der Waals surface area contributed by atoms with Crippen molar-refractivity contribution in [2.24, 2.45) is 0 Å². The Morgan fingerprint density at radius 3 is 2.26 bits per heavy atom. The maximum atomic E-state index is 13.1. The summed E-state index contributed by atoms with van der Waals surface area (Å²) in [4.78, 5) is 31.8. The summed E-state index contributed by atoms with van der Waals surface area (Å²) in [5, 5.41) is 11.3. The molecule has 0 saturated carbocycles. The van der Waals surface area contributed by atoms with E-state index in [9.17, 15) is 14.7 Å². The normalized spacial score (nSPS) is 17.9. The second-order valence-electron chi connectivity index (χ2n) is 8.01. The van der Waals surface area contributed by atoms with E-state index in [2.05, 4.69) is 4.98 Å². The zero-order valence-corrected chi connectivity index (χ0v) is 17.8. The number of hydrogen-bond acceptors (Lipinski definition) is 4. The number of likely N-dealkylation sites (tertiary alicyclic amines) is 1. The van der Waals surface area contributed by atoms with Crippen molar-refractivity contribution in [3.8, 4) is 0 Å². The standard InChI is InChI=1S/C26H24N2O3/c1-16-5-8-20(9-6-16)23-22(24(29)21-14-17(2)4-7-18(21)3)25(30)26(31)28(23)15-19-10-12-27-13-11-19/h4-14,23,29H,15H2,1-3H3/b24-22+. The van der Waals surface area contributed by atoms with Crippen LogP contribution in [0.25, 0.3) is 5.76 Å². The Balaban J connectivity index is 1.90. The van der Waals surface area contributed by atoms with Crippen molar-refractivity contribution in [2.75, 3.05) is 0 Å². The number of ketones is 1. The Hall–Kier alpha value is -3.73. The molecule has 5 heteroatoms. The van der Waals surface area contributed by atoms with Crippen LogP contribution >= 0.6 is 0 Å². The monoisotopic (exact) mass is 412 g/mol. The third-order valence-corrected chi connectivity index (χ3v) is 5.68. The van der Waals surface area contributed by atoms with E-state index < -0.39 is 17.7 Å². The third-order valence-electron chi connectivity index (χ3n) is 5.68. The molecule has 31 heavy (non-hydrogen) atoms. The molecule has 2 aromatic carbocycles. The van der Waals surface area contributed by atoms with Crippen LogP contribution in [-0.4, -0.2) is 26.7 Å². The van der Waals surface area contributed by atoms with Crippen molar-refractivity contribution in [1.29, 1.82) is 0 Å². The van der Waals surface area contributed by atoms with Gasteiger partial charge in [-0.05, 0) is 55.7 Å². The summed E-state index contributed by atoms with van der Waals surface area (Å²) < 4.78 is 0. The number of pyridine rings is 1. The lowest BCUT2D eigenvalue weighted by molar-refractivity contribution is -0.140. The van der Waals surface area contributed by atoms with E-state index in [0.717, 1.165) is 27.8 Å². The number of hydrogen-bond donors (Lipinski definition) is 1. The molecule has 1 N–H and O–H groups in total. The molecule has 1 saturated heterocycles. The van der Waals surface area contributed by atoms with Crippen molar-refractivity contribution >= 4 is 17.4 Å². The lowest BCUT2D eigenvalue weighted by Gasteiger charge is -2.25. The first kappa shape index (κ1) is 20.5. The van der Waals surface area contributed by atoms with Crippen molar-refractivity contribution in [3.05, 3.63) is 106 Å². The summed E-state index contributed by atoms with van der Waals surface area (Å²) >= 11 is 0. The van der Waals surface area contributed by atoms with E-state index in [4.69, 9.17) is 0 Å². The summed E-state index contributed by atoms with van der Waals surface area (Å²) in [6.07, 6.45) is 3.31. The number of aliphatic hydroxyl groups excluding tert-OH is 1. The number of carbonyl (C=O) groups excluding carboxylic acids is 2. The van der Waals surface area contributed by atoms with Crippen LogP contribution in [0.3, 0.4) is 0 Å². The first-order chi connectivity index (χ1) is 14.9. The molecule has 1 fully saturated rings. The Bertz CT molecular complexity index is 1180. The molecule has 3 aromatic rings.